The second-order valence-electron chi connectivity index (χ2n) is 4.89. The molecule has 2 aromatic carbocycles. The number of hydrogen-bond donors (Lipinski definition) is 0. The van der Waals surface area contributed by atoms with E-state index in [1.807, 2.05) is 54.3 Å². The Labute approximate surface area is 142 Å². The van der Waals surface area contributed by atoms with Crippen molar-refractivity contribution in [2.45, 2.75) is 4.90 Å². The molecule has 0 N–H and O–H groups in total. The van der Waals surface area contributed by atoms with Gasteiger partial charge in [0.05, 0.1) is 22.9 Å². The Balaban J connectivity index is 2.08. The Hall–Kier alpha value is -2.05. The molecule has 0 fully saturated rings. The molecule has 118 valence electrons. The van der Waals surface area contributed by atoms with Crippen molar-refractivity contribution < 1.29 is 9.53 Å². The van der Waals surface area contributed by atoms with Crippen molar-refractivity contribution in [3.63, 3.8) is 0 Å². The molecule has 4 nitrogen and oxygen atoms in total. The average molecular weight is 344 g/mol. The van der Waals surface area contributed by atoms with Gasteiger partial charge in [0.1, 0.15) is 5.75 Å². The molecule has 3 rings (SSSR count). The molecule has 0 bridgehead atoms. The highest BCUT2D eigenvalue weighted by Gasteiger charge is 2.13. The van der Waals surface area contributed by atoms with Crippen molar-refractivity contribution in [2.24, 2.45) is 12.0 Å². The fourth-order valence-electron chi connectivity index (χ4n) is 2.31. The summed E-state index contributed by atoms with van der Waals surface area (Å²) in [4.78, 5) is 18.6. The molecule has 6 heteroatoms. The summed E-state index contributed by atoms with van der Waals surface area (Å²) in [7, 11) is 3.48. The van der Waals surface area contributed by atoms with Crippen LogP contribution in [0.4, 0.5) is 0 Å². The number of fused-ring (bicyclic) bond motifs is 1. The number of ether oxygens (including phenoxy) is 1. The van der Waals surface area contributed by atoms with E-state index in [0.29, 0.717) is 16.1 Å². The molecule has 1 aromatic heterocycles. The van der Waals surface area contributed by atoms with Gasteiger partial charge < -0.3 is 9.30 Å². The van der Waals surface area contributed by atoms with E-state index in [9.17, 15) is 4.79 Å². The number of rotatable bonds is 3. The summed E-state index contributed by atoms with van der Waals surface area (Å²) >= 11 is 3.10. The Kier molecular flexibility index (Phi) is 4.54. The number of methoxy groups -OCH3 is 1. The van der Waals surface area contributed by atoms with Crippen LogP contribution in [-0.4, -0.2) is 23.8 Å². The van der Waals surface area contributed by atoms with Gasteiger partial charge in [-0.2, -0.15) is 4.99 Å². The number of thioether (sulfide) groups is 1. The van der Waals surface area contributed by atoms with Gasteiger partial charge in [-0.3, -0.25) is 4.79 Å². The second kappa shape index (κ2) is 6.60. The fourth-order valence-corrected chi connectivity index (χ4v) is 3.76. The third-order valence-electron chi connectivity index (χ3n) is 3.55. The van der Waals surface area contributed by atoms with Crippen LogP contribution in [0.5, 0.6) is 5.75 Å². The molecule has 0 radical (unpaired) electrons. The number of aryl methyl sites for hydroxylation is 1. The molecule has 0 spiro atoms. The van der Waals surface area contributed by atoms with Gasteiger partial charge in [0.2, 0.25) is 0 Å². The van der Waals surface area contributed by atoms with Gasteiger partial charge in [-0.05, 0) is 36.6 Å². The van der Waals surface area contributed by atoms with Crippen LogP contribution in [0, 0.1) is 0 Å². The van der Waals surface area contributed by atoms with Crippen molar-refractivity contribution in [2.75, 3.05) is 13.4 Å². The molecule has 0 aliphatic heterocycles. The van der Waals surface area contributed by atoms with Crippen LogP contribution in [0.15, 0.2) is 52.4 Å². The molecule has 0 saturated carbocycles. The van der Waals surface area contributed by atoms with E-state index < -0.39 is 0 Å². The van der Waals surface area contributed by atoms with Crippen LogP contribution in [0.2, 0.25) is 0 Å². The number of nitrogens with zero attached hydrogens (tertiary/aromatic N) is 2. The lowest BCUT2D eigenvalue weighted by Crippen LogP contribution is -2.13. The number of carbonyl (C=O) groups excluding carboxylic acids is 1. The lowest BCUT2D eigenvalue weighted by Gasteiger charge is -2.06. The van der Waals surface area contributed by atoms with Gasteiger partial charge in [-0.1, -0.05) is 23.5 Å². The van der Waals surface area contributed by atoms with E-state index in [1.54, 1.807) is 24.9 Å². The highest BCUT2D eigenvalue weighted by atomic mass is 32.2. The zero-order valence-corrected chi connectivity index (χ0v) is 14.7. The van der Waals surface area contributed by atoms with Crippen molar-refractivity contribution in [1.82, 2.24) is 4.57 Å². The van der Waals surface area contributed by atoms with Crippen LogP contribution < -0.4 is 9.54 Å². The minimum absolute atomic E-state index is 0.295. The first-order valence-corrected chi connectivity index (χ1v) is 9.04. The number of carbonyl (C=O) groups is 1. The zero-order chi connectivity index (χ0) is 16.4. The molecule has 23 heavy (non-hydrogen) atoms. The van der Waals surface area contributed by atoms with Crippen molar-refractivity contribution in [3.8, 4) is 5.75 Å². The van der Waals surface area contributed by atoms with Gasteiger partial charge in [0, 0.05) is 11.9 Å². The van der Waals surface area contributed by atoms with Gasteiger partial charge >= 0.3 is 0 Å². The summed E-state index contributed by atoms with van der Waals surface area (Å²) in [5.74, 6) is 0.256. The average Bonchev–Trinajstić information content (AvgIpc) is 2.90. The summed E-state index contributed by atoms with van der Waals surface area (Å²) in [5.41, 5.74) is 1.54. The summed E-state index contributed by atoms with van der Waals surface area (Å²) in [6.45, 7) is 0. The summed E-state index contributed by atoms with van der Waals surface area (Å²) < 4.78 is 8.37. The number of hydrogen-bond acceptors (Lipinski definition) is 4. The van der Waals surface area contributed by atoms with Crippen LogP contribution >= 0.6 is 23.1 Å². The number of thiazole rings is 1. The van der Waals surface area contributed by atoms with Gasteiger partial charge in [0.25, 0.3) is 5.91 Å². The number of para-hydroxylation sites is 1. The molecular weight excluding hydrogens is 328 g/mol. The maximum absolute atomic E-state index is 12.6. The quantitative estimate of drug-likeness (QED) is 0.680. The predicted molar refractivity (Wildman–Crippen MR) is 95.5 cm³/mol. The van der Waals surface area contributed by atoms with Crippen molar-refractivity contribution in [1.29, 1.82) is 0 Å². The summed E-state index contributed by atoms with van der Waals surface area (Å²) in [5, 5.41) is 0. The maximum atomic E-state index is 12.6. The zero-order valence-electron chi connectivity index (χ0n) is 13.1. The van der Waals surface area contributed by atoms with Crippen LogP contribution in [0.25, 0.3) is 10.2 Å². The van der Waals surface area contributed by atoms with Gasteiger partial charge in [-0.15, -0.1) is 11.8 Å². The Bertz CT molecular complexity index is 941. The third-order valence-corrected chi connectivity index (χ3v) is 5.39. The number of amides is 1. The summed E-state index contributed by atoms with van der Waals surface area (Å²) in [6, 6.07) is 13.5. The topological polar surface area (TPSA) is 43.6 Å². The minimum Gasteiger partial charge on any atom is -0.496 e. The van der Waals surface area contributed by atoms with Gasteiger partial charge in [0.15, 0.2) is 4.80 Å². The lowest BCUT2D eigenvalue weighted by atomic mass is 10.2. The van der Waals surface area contributed by atoms with E-state index in [1.165, 1.54) is 11.3 Å². The van der Waals surface area contributed by atoms with Crippen LogP contribution in [-0.2, 0) is 7.05 Å². The van der Waals surface area contributed by atoms with E-state index in [0.717, 1.165) is 15.1 Å². The van der Waals surface area contributed by atoms with Gasteiger partial charge in [-0.25, -0.2) is 0 Å². The molecule has 0 aliphatic rings. The first kappa shape index (κ1) is 15.8. The lowest BCUT2D eigenvalue weighted by molar-refractivity contribution is 0.0995. The largest absolute Gasteiger partial charge is 0.496 e. The Morgan fingerprint density at radius 3 is 2.74 bits per heavy atom. The van der Waals surface area contributed by atoms with E-state index in [4.69, 9.17) is 4.74 Å². The highest BCUT2D eigenvalue weighted by Crippen LogP contribution is 2.26. The summed E-state index contributed by atoms with van der Waals surface area (Å²) in [6.07, 6.45) is 1.98. The number of benzene rings is 2. The molecule has 0 saturated heterocycles. The normalized spacial score (nSPS) is 11.9. The molecule has 0 atom stereocenters. The van der Waals surface area contributed by atoms with Crippen molar-refractivity contribution >= 4 is 39.2 Å². The first-order valence-electron chi connectivity index (χ1n) is 6.99. The predicted octanol–water partition coefficient (Wildman–Crippen LogP) is 3.71. The standard InChI is InChI=1S/C17H16N2O2S2/c1-19-13-6-4-5-7-15(13)23-17(19)18-16(20)12-9-8-11(22-3)10-14(12)21-2/h4-10H,1-3H3. The SMILES string of the molecule is COc1cc(SC)ccc1C(=O)N=c1sc2ccccc2n1C. The second-order valence-corrected chi connectivity index (χ2v) is 6.78. The van der Waals surface area contributed by atoms with E-state index in [-0.39, 0.29) is 5.91 Å². The van der Waals surface area contributed by atoms with E-state index >= 15 is 0 Å². The number of aromatic nitrogens is 1. The molecule has 1 heterocycles. The maximum Gasteiger partial charge on any atom is 0.283 e. The van der Waals surface area contributed by atoms with Crippen LogP contribution in [0.1, 0.15) is 10.4 Å². The first-order chi connectivity index (χ1) is 11.1. The molecule has 0 unspecified atom stereocenters. The smallest absolute Gasteiger partial charge is 0.283 e. The molecule has 0 aliphatic carbocycles. The fraction of sp³-hybridized carbons (Fsp3) is 0.176. The van der Waals surface area contributed by atoms with E-state index in [2.05, 4.69) is 4.99 Å². The monoisotopic (exact) mass is 344 g/mol. The Morgan fingerprint density at radius 2 is 2.04 bits per heavy atom. The molecular formula is C17H16N2O2S2. The van der Waals surface area contributed by atoms with Crippen LogP contribution in [0.3, 0.4) is 0 Å². The minimum atomic E-state index is -0.295. The molecule has 1 amide bonds. The third kappa shape index (κ3) is 3.04. The van der Waals surface area contributed by atoms with Crippen molar-refractivity contribution in [3.05, 3.63) is 52.8 Å². The highest BCUT2D eigenvalue weighted by molar-refractivity contribution is 7.98. The Morgan fingerprint density at radius 1 is 1.26 bits per heavy atom. The molecule has 3 aromatic rings.